The van der Waals surface area contributed by atoms with Crippen molar-refractivity contribution in [2.45, 2.75) is 6.42 Å². The first-order valence-corrected chi connectivity index (χ1v) is 11.5. The number of rotatable bonds is 11. The number of aromatic nitrogens is 2. The second-order valence-electron chi connectivity index (χ2n) is 7.93. The fourth-order valence-electron chi connectivity index (χ4n) is 3.65. The summed E-state index contributed by atoms with van der Waals surface area (Å²) in [4.78, 5) is 16.6. The van der Waals surface area contributed by atoms with Gasteiger partial charge in [0, 0.05) is 55.4 Å². The van der Waals surface area contributed by atoms with Crippen molar-refractivity contribution in [2.24, 2.45) is 0 Å². The van der Waals surface area contributed by atoms with Gasteiger partial charge in [-0.1, -0.05) is 0 Å². The van der Waals surface area contributed by atoms with Gasteiger partial charge in [0.2, 0.25) is 5.91 Å². The van der Waals surface area contributed by atoms with Gasteiger partial charge in [-0.05, 0) is 48.5 Å². The molecule has 2 aromatic heterocycles. The molecule has 0 saturated carbocycles. The fourth-order valence-corrected chi connectivity index (χ4v) is 3.65. The van der Waals surface area contributed by atoms with Crippen molar-refractivity contribution in [3.8, 4) is 11.5 Å². The molecule has 8 nitrogen and oxygen atoms in total. The van der Waals surface area contributed by atoms with Crippen LogP contribution in [0.2, 0.25) is 0 Å². The topological polar surface area (TPSA) is 98.5 Å². The predicted octanol–water partition coefficient (Wildman–Crippen LogP) is 4.32. The van der Waals surface area contributed by atoms with E-state index in [4.69, 9.17) is 19.6 Å². The molecule has 9 heteroatoms. The Morgan fingerprint density at radius 3 is 2.83 bits per heavy atom. The molecule has 2 heterocycles. The number of hydrogen-bond acceptors (Lipinski definition) is 6. The highest BCUT2D eigenvalue weighted by Crippen LogP contribution is 2.27. The van der Waals surface area contributed by atoms with Gasteiger partial charge in [0.05, 0.1) is 24.2 Å². The molecule has 4 aromatic rings. The van der Waals surface area contributed by atoms with Crippen LogP contribution in [-0.4, -0.2) is 54.8 Å². The zero-order valence-electron chi connectivity index (χ0n) is 19.9. The van der Waals surface area contributed by atoms with E-state index in [0.29, 0.717) is 24.5 Å². The van der Waals surface area contributed by atoms with Crippen LogP contribution in [0, 0.1) is 11.2 Å². The van der Waals surface area contributed by atoms with Crippen molar-refractivity contribution in [3.05, 3.63) is 78.9 Å². The lowest BCUT2D eigenvalue weighted by atomic mass is 10.2. The van der Waals surface area contributed by atoms with Gasteiger partial charge in [-0.3, -0.25) is 15.2 Å². The summed E-state index contributed by atoms with van der Waals surface area (Å²) in [5.41, 5.74) is 1.31. The minimum Gasteiger partial charge on any atom is -0.493 e. The highest BCUT2D eigenvalue weighted by molar-refractivity contribution is 6.03. The summed E-state index contributed by atoms with van der Waals surface area (Å²) in [6.07, 6.45) is 6.76. The van der Waals surface area contributed by atoms with Gasteiger partial charge in [-0.25, -0.2) is 4.39 Å². The van der Waals surface area contributed by atoms with Gasteiger partial charge >= 0.3 is 0 Å². The number of nitrogens with zero attached hydrogens (tertiary/aromatic N) is 2. The average Bonchev–Trinajstić information content (AvgIpc) is 3.30. The van der Waals surface area contributed by atoms with Crippen molar-refractivity contribution in [1.29, 1.82) is 5.41 Å². The van der Waals surface area contributed by atoms with Gasteiger partial charge in [-0.2, -0.15) is 0 Å². The van der Waals surface area contributed by atoms with E-state index in [9.17, 15) is 9.18 Å². The van der Waals surface area contributed by atoms with E-state index in [0.717, 1.165) is 28.5 Å². The lowest BCUT2D eigenvalue weighted by molar-refractivity contribution is -0.116. The normalized spacial score (nSPS) is 11.3. The molecule has 0 aliphatic heterocycles. The van der Waals surface area contributed by atoms with Crippen molar-refractivity contribution in [3.63, 3.8) is 0 Å². The van der Waals surface area contributed by atoms with E-state index in [1.54, 1.807) is 37.7 Å². The quantitative estimate of drug-likeness (QED) is 0.141. The van der Waals surface area contributed by atoms with Crippen molar-refractivity contribution in [1.82, 2.24) is 14.9 Å². The molecular weight excluding hydrogens is 463 g/mol. The smallest absolute Gasteiger partial charge is 0.244 e. The van der Waals surface area contributed by atoms with E-state index in [2.05, 4.69) is 10.3 Å². The molecule has 0 unspecified atom stereocenters. The van der Waals surface area contributed by atoms with Crippen LogP contribution in [0.4, 0.5) is 4.39 Å². The first-order valence-electron chi connectivity index (χ1n) is 11.5. The molecule has 0 aliphatic carbocycles. The molecule has 0 saturated heterocycles. The van der Waals surface area contributed by atoms with E-state index >= 15 is 0 Å². The zero-order chi connectivity index (χ0) is 25.3. The van der Waals surface area contributed by atoms with Crippen LogP contribution < -0.4 is 14.8 Å². The van der Waals surface area contributed by atoms with Crippen LogP contribution in [0.25, 0.3) is 21.8 Å². The second-order valence-corrected chi connectivity index (χ2v) is 7.93. The molecule has 0 spiro atoms. The number of carbonyl (C=O) groups is 1. The third-order valence-electron chi connectivity index (χ3n) is 5.40. The number of pyridine rings is 1. The van der Waals surface area contributed by atoms with Crippen molar-refractivity contribution >= 4 is 33.5 Å². The van der Waals surface area contributed by atoms with E-state index in [1.807, 2.05) is 18.2 Å². The molecule has 0 atom stereocenters. The molecule has 36 heavy (non-hydrogen) atoms. The summed E-state index contributed by atoms with van der Waals surface area (Å²) < 4.78 is 31.7. The monoisotopic (exact) mass is 490 g/mol. The summed E-state index contributed by atoms with van der Waals surface area (Å²) >= 11 is 0. The molecule has 0 aliphatic rings. The maximum absolute atomic E-state index is 13.5. The lowest BCUT2D eigenvalue weighted by Crippen LogP contribution is -2.26. The van der Waals surface area contributed by atoms with Gasteiger partial charge in [0.25, 0.3) is 0 Å². The number of hydrogen-bond donors (Lipinski definition) is 2. The molecule has 2 N–H and O–H groups in total. The van der Waals surface area contributed by atoms with Gasteiger partial charge < -0.3 is 24.1 Å². The summed E-state index contributed by atoms with van der Waals surface area (Å²) in [6.45, 7) is 1.74. The summed E-state index contributed by atoms with van der Waals surface area (Å²) in [6, 6.07) is 13.6. The largest absolute Gasteiger partial charge is 0.493 e. The number of halogens is 1. The fraction of sp³-hybridized carbons (Fsp3) is 0.222. The van der Waals surface area contributed by atoms with Crippen molar-refractivity contribution in [2.75, 3.05) is 33.5 Å². The maximum Gasteiger partial charge on any atom is 0.244 e. The number of ether oxygens (including phenoxy) is 3. The third-order valence-corrected chi connectivity index (χ3v) is 5.40. The molecule has 2 aromatic carbocycles. The Kier molecular flexibility index (Phi) is 8.25. The molecule has 186 valence electrons. The molecule has 1 amide bonds. The Morgan fingerprint density at radius 2 is 1.97 bits per heavy atom. The van der Waals surface area contributed by atoms with Crippen LogP contribution in [0.1, 0.15) is 6.42 Å². The van der Waals surface area contributed by atoms with Crippen molar-refractivity contribution < 1.29 is 23.4 Å². The highest BCUT2D eigenvalue weighted by atomic mass is 19.1. The van der Waals surface area contributed by atoms with Gasteiger partial charge in [-0.15, -0.1) is 0 Å². The number of allylic oxidation sites excluding steroid dienone is 1. The Hall–Kier alpha value is -4.24. The lowest BCUT2D eigenvalue weighted by Gasteiger charge is -2.11. The maximum atomic E-state index is 13.5. The first kappa shape index (κ1) is 24.9. The first-order chi connectivity index (χ1) is 17.5. The minimum absolute atomic E-state index is 0.0484. The standard InChI is InChI=1S/C27H27FN4O4/c1-34-14-2-15-35-21-5-6-22-23(18-21)30-11-9-25(22)36-16-12-31-27(33)8-7-26(29)32-13-10-19-3-4-20(28)17-24(19)32/h3-11,13,17-18,29H,2,12,14-16H2,1H3,(H,31,33)/b8-7-,29-26?. The van der Waals surface area contributed by atoms with Crippen LogP contribution in [0.15, 0.2) is 73.1 Å². The van der Waals surface area contributed by atoms with Crippen LogP contribution >= 0.6 is 0 Å². The predicted molar refractivity (Wildman–Crippen MR) is 136 cm³/mol. The number of amides is 1. The van der Waals surface area contributed by atoms with Crippen LogP contribution in [0.5, 0.6) is 11.5 Å². The second kappa shape index (κ2) is 11.9. The Bertz CT molecular complexity index is 1400. The number of methoxy groups -OCH3 is 1. The molecular formula is C27H27FN4O4. The van der Waals surface area contributed by atoms with Gasteiger partial charge in [0.1, 0.15) is 29.8 Å². The number of fused-ring (bicyclic) bond motifs is 2. The number of benzene rings is 2. The summed E-state index contributed by atoms with van der Waals surface area (Å²) in [5.74, 6) is 0.689. The minimum atomic E-state index is -0.384. The number of carbonyl (C=O) groups excluding carboxylic acids is 1. The Balaban J connectivity index is 1.27. The molecule has 0 fully saturated rings. The van der Waals surface area contributed by atoms with E-state index in [-0.39, 0.29) is 30.7 Å². The number of nitrogens with one attached hydrogen (secondary N) is 2. The Labute approximate surface area is 207 Å². The SMILES string of the molecule is COCCCOc1ccc2c(OCCNC(=O)/C=C\C(=N)n3ccc4ccc(F)cc43)ccnc2c1. The molecule has 4 rings (SSSR count). The van der Waals surface area contributed by atoms with Gasteiger partial charge in [0.15, 0.2) is 0 Å². The average molecular weight is 491 g/mol. The third kappa shape index (κ3) is 6.25. The van der Waals surface area contributed by atoms with E-state index in [1.165, 1.54) is 28.9 Å². The van der Waals surface area contributed by atoms with Crippen LogP contribution in [-0.2, 0) is 9.53 Å². The Morgan fingerprint density at radius 1 is 1.08 bits per heavy atom. The molecule has 0 radical (unpaired) electrons. The zero-order valence-corrected chi connectivity index (χ0v) is 19.9. The highest BCUT2D eigenvalue weighted by Gasteiger charge is 2.07. The summed E-state index contributed by atoms with van der Waals surface area (Å²) in [7, 11) is 1.66. The molecule has 0 bridgehead atoms. The van der Waals surface area contributed by atoms with E-state index < -0.39 is 0 Å². The van der Waals surface area contributed by atoms with Crippen LogP contribution in [0.3, 0.4) is 0 Å². The summed E-state index contributed by atoms with van der Waals surface area (Å²) in [5, 5.41) is 12.6.